The maximum atomic E-state index is 12.8. The van der Waals surface area contributed by atoms with Crippen LogP contribution in [0.25, 0.3) is 15.9 Å². The van der Waals surface area contributed by atoms with Gasteiger partial charge in [-0.1, -0.05) is 18.2 Å². The molecule has 0 bridgehead atoms. The van der Waals surface area contributed by atoms with Crippen molar-refractivity contribution in [3.63, 3.8) is 0 Å². The molecule has 0 radical (unpaired) electrons. The Bertz CT molecular complexity index is 1060. The maximum absolute atomic E-state index is 12.8. The zero-order valence-electron chi connectivity index (χ0n) is 14.5. The van der Waals surface area contributed by atoms with E-state index in [0.717, 1.165) is 15.4 Å². The Morgan fingerprint density at radius 1 is 1.23 bits per heavy atom. The Morgan fingerprint density at radius 2 is 2.08 bits per heavy atom. The second-order valence-electron chi connectivity index (χ2n) is 6.04. The van der Waals surface area contributed by atoms with Crippen LogP contribution >= 0.6 is 11.3 Å². The molecule has 0 fully saturated rings. The minimum absolute atomic E-state index is 0.103. The third-order valence-electron chi connectivity index (χ3n) is 4.47. The topological polar surface area (TPSA) is 77.6 Å². The molecule has 0 aliphatic carbocycles. The lowest BCUT2D eigenvalue weighted by molar-refractivity contribution is 0.0952. The third-order valence-corrected chi connectivity index (χ3v) is 5.67. The van der Waals surface area contributed by atoms with Gasteiger partial charge in [0.2, 0.25) is 0 Å². The van der Waals surface area contributed by atoms with E-state index in [1.54, 1.807) is 4.68 Å². The molecular formula is C18H18N6OS. The fourth-order valence-corrected chi connectivity index (χ4v) is 4.08. The number of nitrogens with one attached hydrogen (secondary N) is 1. The van der Waals surface area contributed by atoms with E-state index in [-0.39, 0.29) is 5.91 Å². The number of para-hydroxylation sites is 1. The first-order valence-electron chi connectivity index (χ1n) is 8.30. The highest BCUT2D eigenvalue weighted by molar-refractivity contribution is 7.15. The molecule has 4 aromatic rings. The van der Waals surface area contributed by atoms with Gasteiger partial charge in [0.1, 0.15) is 11.3 Å². The lowest BCUT2D eigenvalue weighted by atomic mass is 10.1. The number of amides is 1. The van der Waals surface area contributed by atoms with Gasteiger partial charge in [-0.05, 0) is 47.4 Å². The number of hydrogen-bond donors (Lipinski definition) is 1. The predicted molar refractivity (Wildman–Crippen MR) is 101 cm³/mol. The number of thiophene rings is 1. The Labute approximate surface area is 154 Å². The van der Waals surface area contributed by atoms with Gasteiger partial charge in [0, 0.05) is 29.7 Å². The number of aryl methyl sites for hydroxylation is 1. The smallest absolute Gasteiger partial charge is 0.254 e. The standard InChI is InChI=1S/C18H18N6OS/c1-12-13(2)26-18(24-11-20-21-22-24)16(12)17(25)19-8-10-23-9-7-14-5-3-4-6-15(14)23/h3-7,9,11H,8,10H2,1-2H3,(H,19,25). The molecule has 132 valence electrons. The molecule has 1 N–H and O–H groups in total. The van der Waals surface area contributed by atoms with Crippen molar-refractivity contribution in [3.05, 3.63) is 58.9 Å². The molecule has 3 aromatic heterocycles. The monoisotopic (exact) mass is 366 g/mol. The number of benzene rings is 1. The average Bonchev–Trinajstić information content (AvgIpc) is 3.36. The second-order valence-corrected chi connectivity index (χ2v) is 7.24. The van der Waals surface area contributed by atoms with Gasteiger partial charge < -0.3 is 9.88 Å². The summed E-state index contributed by atoms with van der Waals surface area (Å²) in [5, 5.41) is 16.2. The molecule has 7 nitrogen and oxygen atoms in total. The van der Waals surface area contributed by atoms with E-state index in [4.69, 9.17) is 0 Å². The predicted octanol–water partition coefficient (Wildman–Crippen LogP) is 2.73. The molecule has 0 atom stereocenters. The molecule has 1 amide bonds. The second kappa shape index (κ2) is 6.72. The SMILES string of the molecule is Cc1sc(-n2cnnn2)c(C(=O)NCCn2ccc3ccccc32)c1C. The van der Waals surface area contributed by atoms with Crippen LogP contribution in [-0.4, -0.2) is 37.2 Å². The van der Waals surface area contributed by atoms with Crippen LogP contribution in [0.15, 0.2) is 42.9 Å². The van der Waals surface area contributed by atoms with Gasteiger partial charge in [0.25, 0.3) is 5.91 Å². The highest BCUT2D eigenvalue weighted by Crippen LogP contribution is 2.30. The van der Waals surface area contributed by atoms with E-state index >= 15 is 0 Å². The molecule has 0 aliphatic rings. The lowest BCUT2D eigenvalue weighted by Gasteiger charge is -2.09. The van der Waals surface area contributed by atoms with Crippen LogP contribution in [0.2, 0.25) is 0 Å². The summed E-state index contributed by atoms with van der Waals surface area (Å²) in [4.78, 5) is 13.9. The summed E-state index contributed by atoms with van der Waals surface area (Å²) in [6.45, 7) is 5.20. The molecular weight excluding hydrogens is 348 g/mol. The fraction of sp³-hybridized carbons (Fsp3) is 0.222. The normalized spacial score (nSPS) is 11.2. The first-order chi connectivity index (χ1) is 12.6. The highest BCUT2D eigenvalue weighted by Gasteiger charge is 2.21. The highest BCUT2D eigenvalue weighted by atomic mass is 32.1. The maximum Gasteiger partial charge on any atom is 0.254 e. The molecule has 0 spiro atoms. The minimum Gasteiger partial charge on any atom is -0.350 e. The summed E-state index contributed by atoms with van der Waals surface area (Å²) >= 11 is 1.51. The molecule has 8 heteroatoms. The van der Waals surface area contributed by atoms with E-state index in [0.29, 0.717) is 18.7 Å². The van der Waals surface area contributed by atoms with Crippen molar-refractivity contribution in [2.24, 2.45) is 0 Å². The van der Waals surface area contributed by atoms with Crippen molar-refractivity contribution in [3.8, 4) is 5.00 Å². The summed E-state index contributed by atoms with van der Waals surface area (Å²) in [5.41, 5.74) is 2.76. The summed E-state index contributed by atoms with van der Waals surface area (Å²) in [6.07, 6.45) is 3.55. The molecule has 0 saturated heterocycles. The van der Waals surface area contributed by atoms with E-state index < -0.39 is 0 Å². The number of carbonyl (C=O) groups is 1. The Kier molecular flexibility index (Phi) is 4.26. The van der Waals surface area contributed by atoms with Crippen molar-refractivity contribution in [2.45, 2.75) is 20.4 Å². The molecule has 26 heavy (non-hydrogen) atoms. The van der Waals surface area contributed by atoms with E-state index in [2.05, 4.69) is 43.6 Å². The van der Waals surface area contributed by atoms with Gasteiger partial charge in [-0.15, -0.1) is 16.4 Å². The van der Waals surface area contributed by atoms with Crippen molar-refractivity contribution in [1.29, 1.82) is 0 Å². The van der Waals surface area contributed by atoms with Gasteiger partial charge in [-0.2, -0.15) is 4.68 Å². The van der Waals surface area contributed by atoms with E-state index in [9.17, 15) is 4.79 Å². The molecule has 4 rings (SSSR count). The Hall–Kier alpha value is -3.00. The van der Waals surface area contributed by atoms with Crippen LogP contribution in [0.4, 0.5) is 0 Å². The quantitative estimate of drug-likeness (QED) is 0.589. The van der Waals surface area contributed by atoms with Crippen molar-refractivity contribution < 1.29 is 4.79 Å². The fourth-order valence-electron chi connectivity index (χ4n) is 3.01. The van der Waals surface area contributed by atoms with E-state index in [1.165, 1.54) is 28.6 Å². The van der Waals surface area contributed by atoms with Crippen LogP contribution in [0, 0.1) is 13.8 Å². The molecule has 1 aromatic carbocycles. The van der Waals surface area contributed by atoms with Gasteiger partial charge in [0.05, 0.1) is 5.56 Å². The number of aromatic nitrogens is 5. The Balaban J connectivity index is 1.51. The number of carbonyl (C=O) groups excluding carboxylic acids is 1. The number of fused-ring (bicyclic) bond motifs is 1. The first-order valence-corrected chi connectivity index (χ1v) is 9.12. The average molecular weight is 366 g/mol. The van der Waals surface area contributed by atoms with Crippen LogP contribution in [0.1, 0.15) is 20.8 Å². The van der Waals surface area contributed by atoms with Gasteiger partial charge >= 0.3 is 0 Å². The zero-order valence-corrected chi connectivity index (χ0v) is 15.3. The van der Waals surface area contributed by atoms with Crippen molar-refractivity contribution >= 4 is 28.1 Å². The van der Waals surface area contributed by atoms with Crippen molar-refractivity contribution in [2.75, 3.05) is 6.54 Å². The molecule has 0 unspecified atom stereocenters. The van der Waals surface area contributed by atoms with Gasteiger partial charge in [0.15, 0.2) is 0 Å². The number of rotatable bonds is 5. The summed E-state index contributed by atoms with van der Waals surface area (Å²) in [5.74, 6) is -0.103. The molecule has 0 saturated carbocycles. The van der Waals surface area contributed by atoms with Gasteiger partial charge in [-0.25, -0.2) is 0 Å². The van der Waals surface area contributed by atoms with Gasteiger partial charge in [-0.3, -0.25) is 4.79 Å². The molecule has 0 aliphatic heterocycles. The van der Waals surface area contributed by atoms with Crippen LogP contribution in [0.3, 0.4) is 0 Å². The van der Waals surface area contributed by atoms with E-state index in [1.807, 2.05) is 32.2 Å². The third kappa shape index (κ3) is 2.88. The number of tetrazole rings is 1. The number of nitrogens with zero attached hydrogens (tertiary/aromatic N) is 5. The van der Waals surface area contributed by atoms with Crippen molar-refractivity contribution in [1.82, 2.24) is 30.1 Å². The first kappa shape index (κ1) is 16.5. The van der Waals surface area contributed by atoms with Crippen LogP contribution in [-0.2, 0) is 6.54 Å². The minimum atomic E-state index is -0.103. The summed E-state index contributed by atoms with van der Waals surface area (Å²) in [7, 11) is 0. The lowest BCUT2D eigenvalue weighted by Crippen LogP contribution is -2.28. The number of hydrogen-bond acceptors (Lipinski definition) is 5. The zero-order chi connectivity index (χ0) is 18.1. The van der Waals surface area contributed by atoms with Crippen LogP contribution in [0.5, 0.6) is 0 Å². The van der Waals surface area contributed by atoms with Crippen LogP contribution < -0.4 is 5.32 Å². The largest absolute Gasteiger partial charge is 0.350 e. The molecule has 3 heterocycles. The Morgan fingerprint density at radius 3 is 2.88 bits per heavy atom. The summed E-state index contributed by atoms with van der Waals surface area (Å²) in [6, 6.07) is 10.3. The summed E-state index contributed by atoms with van der Waals surface area (Å²) < 4.78 is 3.68.